The van der Waals surface area contributed by atoms with Crippen LogP contribution in [0.5, 0.6) is 0 Å². The van der Waals surface area contributed by atoms with Gasteiger partial charge in [0.15, 0.2) is 12.0 Å². The van der Waals surface area contributed by atoms with E-state index >= 15 is 0 Å². The zero-order chi connectivity index (χ0) is 17.4. The fourth-order valence-electron chi connectivity index (χ4n) is 2.04. The maximum Gasteiger partial charge on any atom is 0.277 e. The van der Waals surface area contributed by atoms with Crippen LogP contribution < -0.4 is 5.32 Å². The van der Waals surface area contributed by atoms with Crippen LogP contribution in [0.3, 0.4) is 0 Å². The maximum atomic E-state index is 12.2. The molecule has 1 heterocycles. The number of carbonyl (C=O) groups excluding carboxylic acids is 1. The molecule has 0 fully saturated rings. The lowest BCUT2D eigenvalue weighted by Crippen LogP contribution is -2.24. The van der Waals surface area contributed by atoms with Crippen molar-refractivity contribution >= 4 is 23.4 Å². The summed E-state index contributed by atoms with van der Waals surface area (Å²) in [5.41, 5.74) is 0.963. The quantitative estimate of drug-likeness (QED) is 0.553. The smallest absolute Gasteiger partial charge is 0.277 e. The minimum atomic E-state index is -0.406. The Morgan fingerprint density at radius 2 is 1.92 bits per heavy atom. The van der Waals surface area contributed by atoms with Crippen molar-refractivity contribution in [1.82, 2.24) is 15.0 Å². The number of anilines is 1. The number of rotatable bonds is 9. The molecule has 2 rings (SSSR count). The first-order valence-corrected chi connectivity index (χ1v) is 8.97. The molecule has 0 spiro atoms. The average molecular weight is 350 g/mol. The number of hydrogen-bond donors (Lipinski definition) is 1. The van der Waals surface area contributed by atoms with E-state index in [1.165, 1.54) is 0 Å². The number of hydrogen-bond acceptors (Lipinski definition) is 6. The Labute approximate surface area is 145 Å². The van der Waals surface area contributed by atoms with Crippen LogP contribution in [0, 0.1) is 0 Å². The number of ether oxygens (including phenoxy) is 2. The normalized spacial score (nSPS) is 11.0. The Morgan fingerprint density at radius 3 is 2.50 bits per heavy atom. The summed E-state index contributed by atoms with van der Waals surface area (Å²) >= 11 is 1.65. The van der Waals surface area contributed by atoms with E-state index in [0.717, 1.165) is 4.90 Å². The van der Waals surface area contributed by atoms with Gasteiger partial charge in [-0.05, 0) is 44.4 Å². The lowest BCUT2D eigenvalue weighted by molar-refractivity contribution is -0.145. The molecule has 0 unspecified atom stereocenters. The third-order valence-electron chi connectivity index (χ3n) is 3.16. The van der Waals surface area contributed by atoms with Gasteiger partial charge in [0.1, 0.15) is 0 Å². The molecule has 8 heteroatoms. The van der Waals surface area contributed by atoms with Crippen LogP contribution in [-0.4, -0.2) is 46.7 Å². The van der Waals surface area contributed by atoms with E-state index in [9.17, 15) is 4.79 Å². The largest absolute Gasteiger partial charge is 0.351 e. The lowest BCUT2D eigenvalue weighted by atomic mass is 10.3. The van der Waals surface area contributed by atoms with Crippen molar-refractivity contribution in [1.29, 1.82) is 0 Å². The molecule has 0 aliphatic rings. The van der Waals surface area contributed by atoms with Crippen molar-refractivity contribution in [2.24, 2.45) is 0 Å². The van der Waals surface area contributed by atoms with Crippen LogP contribution in [-0.2, 0) is 16.0 Å². The third kappa shape index (κ3) is 5.33. The first-order chi connectivity index (χ1) is 11.7. The summed E-state index contributed by atoms with van der Waals surface area (Å²) in [6, 6.07) is 7.61. The highest BCUT2D eigenvalue weighted by Gasteiger charge is 2.14. The number of carbonyl (C=O) groups is 1. The highest BCUT2D eigenvalue weighted by molar-refractivity contribution is 7.98. The summed E-state index contributed by atoms with van der Waals surface area (Å²) < 4.78 is 12.5. The molecule has 1 amide bonds. The van der Waals surface area contributed by atoms with Gasteiger partial charge in [-0.1, -0.05) is 5.21 Å². The second-order valence-corrected chi connectivity index (χ2v) is 5.73. The van der Waals surface area contributed by atoms with Crippen LogP contribution in [0.15, 0.2) is 35.4 Å². The molecule has 2 aromatic rings. The third-order valence-corrected chi connectivity index (χ3v) is 3.90. The zero-order valence-corrected chi connectivity index (χ0v) is 14.9. The van der Waals surface area contributed by atoms with Crippen molar-refractivity contribution < 1.29 is 14.3 Å². The molecule has 24 heavy (non-hydrogen) atoms. The standard InChI is InChI=1S/C16H22N4O3S/c1-4-22-15(23-5-2)11-20-10-14(18-19-20)16(21)17-12-6-8-13(24-3)9-7-12/h6-10,15H,4-5,11H2,1-3H3,(H,17,21). The number of nitrogens with zero attached hydrogens (tertiary/aromatic N) is 3. The van der Waals surface area contributed by atoms with Gasteiger partial charge < -0.3 is 14.8 Å². The molecule has 0 aliphatic heterocycles. The molecule has 7 nitrogen and oxygen atoms in total. The number of nitrogens with one attached hydrogen (secondary N) is 1. The molecule has 0 atom stereocenters. The van der Waals surface area contributed by atoms with Crippen LogP contribution in [0.2, 0.25) is 0 Å². The number of aromatic nitrogens is 3. The molecule has 0 saturated heterocycles. The predicted octanol–water partition coefficient (Wildman–Crippen LogP) is 2.65. The average Bonchev–Trinajstić information content (AvgIpc) is 3.05. The van der Waals surface area contributed by atoms with Crippen molar-refractivity contribution in [3.8, 4) is 0 Å². The summed E-state index contributed by atoms with van der Waals surface area (Å²) in [5.74, 6) is -0.303. The van der Waals surface area contributed by atoms with Gasteiger partial charge in [0.05, 0.1) is 12.7 Å². The van der Waals surface area contributed by atoms with E-state index in [1.54, 1.807) is 22.6 Å². The molecule has 1 N–H and O–H groups in total. The Balaban J connectivity index is 1.96. The van der Waals surface area contributed by atoms with Gasteiger partial charge in [0.2, 0.25) is 0 Å². The molecule has 0 bridgehead atoms. The monoisotopic (exact) mass is 350 g/mol. The van der Waals surface area contributed by atoms with Crippen molar-refractivity contribution in [3.05, 3.63) is 36.2 Å². The number of thioether (sulfide) groups is 1. The van der Waals surface area contributed by atoms with Crippen LogP contribution >= 0.6 is 11.8 Å². The second kappa shape index (κ2) is 9.41. The van der Waals surface area contributed by atoms with E-state index in [1.807, 2.05) is 44.4 Å². The minimum absolute atomic E-state index is 0.246. The summed E-state index contributed by atoms with van der Waals surface area (Å²) in [6.45, 7) is 5.25. The summed E-state index contributed by atoms with van der Waals surface area (Å²) in [7, 11) is 0. The van der Waals surface area contributed by atoms with Crippen LogP contribution in [0.25, 0.3) is 0 Å². The van der Waals surface area contributed by atoms with Crippen molar-refractivity contribution in [2.75, 3.05) is 24.8 Å². The van der Waals surface area contributed by atoms with E-state index < -0.39 is 6.29 Å². The van der Waals surface area contributed by atoms with E-state index in [0.29, 0.717) is 25.4 Å². The molecular weight excluding hydrogens is 328 g/mol. The zero-order valence-electron chi connectivity index (χ0n) is 14.1. The first-order valence-electron chi connectivity index (χ1n) is 7.75. The topological polar surface area (TPSA) is 78.3 Å². The van der Waals surface area contributed by atoms with Crippen molar-refractivity contribution in [3.63, 3.8) is 0 Å². The lowest BCUT2D eigenvalue weighted by Gasteiger charge is -2.16. The van der Waals surface area contributed by atoms with Gasteiger partial charge in [-0.25, -0.2) is 4.68 Å². The van der Waals surface area contributed by atoms with Gasteiger partial charge in [-0.2, -0.15) is 0 Å². The van der Waals surface area contributed by atoms with E-state index in [2.05, 4.69) is 15.6 Å². The Kier molecular flexibility index (Phi) is 7.23. The van der Waals surface area contributed by atoms with Gasteiger partial charge >= 0.3 is 0 Å². The number of amides is 1. The minimum Gasteiger partial charge on any atom is -0.351 e. The molecule has 0 aliphatic carbocycles. The summed E-state index contributed by atoms with van der Waals surface area (Å²) in [4.78, 5) is 13.4. The van der Waals surface area contributed by atoms with E-state index in [4.69, 9.17) is 9.47 Å². The van der Waals surface area contributed by atoms with Gasteiger partial charge in [-0.3, -0.25) is 4.79 Å². The Morgan fingerprint density at radius 1 is 1.25 bits per heavy atom. The second-order valence-electron chi connectivity index (χ2n) is 4.85. The van der Waals surface area contributed by atoms with Crippen molar-refractivity contribution in [2.45, 2.75) is 31.6 Å². The molecule has 130 valence electrons. The fourth-order valence-corrected chi connectivity index (χ4v) is 2.45. The predicted molar refractivity (Wildman–Crippen MR) is 93.2 cm³/mol. The summed E-state index contributed by atoms with van der Waals surface area (Å²) in [6.07, 6.45) is 3.18. The molecule has 1 aromatic heterocycles. The Hall–Kier alpha value is -1.90. The molecule has 0 radical (unpaired) electrons. The van der Waals surface area contributed by atoms with Crippen LogP contribution in [0.4, 0.5) is 5.69 Å². The molecule has 0 saturated carbocycles. The highest BCUT2D eigenvalue weighted by atomic mass is 32.2. The van der Waals surface area contributed by atoms with Gasteiger partial charge in [0.25, 0.3) is 5.91 Å². The molecule has 1 aromatic carbocycles. The SMILES string of the molecule is CCOC(Cn1cc(C(=O)Nc2ccc(SC)cc2)nn1)OCC. The maximum absolute atomic E-state index is 12.2. The highest BCUT2D eigenvalue weighted by Crippen LogP contribution is 2.17. The van der Waals surface area contributed by atoms with E-state index in [-0.39, 0.29) is 11.6 Å². The first kappa shape index (κ1) is 18.4. The van der Waals surface area contributed by atoms with Gasteiger partial charge in [0, 0.05) is 23.8 Å². The molecular formula is C16H22N4O3S. The Bertz CT molecular complexity index is 639. The number of benzene rings is 1. The van der Waals surface area contributed by atoms with Crippen LogP contribution in [0.1, 0.15) is 24.3 Å². The summed E-state index contributed by atoms with van der Waals surface area (Å²) in [5, 5.41) is 10.7. The fraction of sp³-hybridized carbons (Fsp3) is 0.438. The van der Waals surface area contributed by atoms with Gasteiger partial charge in [-0.15, -0.1) is 16.9 Å².